The van der Waals surface area contributed by atoms with Crippen molar-refractivity contribution < 1.29 is 9.18 Å². The molecule has 0 amide bonds. The quantitative estimate of drug-likeness (QED) is 0.790. The van der Waals surface area contributed by atoms with Crippen molar-refractivity contribution in [3.05, 3.63) is 56.5 Å². The van der Waals surface area contributed by atoms with Gasteiger partial charge in [-0.3, -0.25) is 4.79 Å². The molecule has 1 unspecified atom stereocenters. The molecule has 0 bridgehead atoms. The summed E-state index contributed by atoms with van der Waals surface area (Å²) in [5.41, 5.74) is 1.28. The van der Waals surface area contributed by atoms with Crippen LogP contribution in [0.4, 0.5) is 4.39 Å². The SMILES string of the molecule is Cc1csc(C(=O)C(C#N)c2ccc(F)cc2)c1Cl. The second-order valence-electron chi connectivity index (χ2n) is 4.04. The molecule has 2 aromatic rings. The molecule has 2 rings (SSSR count). The number of Topliss-reactive ketones (excluding diaryl/α,β-unsaturated/α-hetero) is 1. The van der Waals surface area contributed by atoms with Crippen LogP contribution in [-0.4, -0.2) is 5.78 Å². The highest BCUT2D eigenvalue weighted by atomic mass is 35.5. The average Bonchev–Trinajstić information content (AvgIpc) is 2.73. The van der Waals surface area contributed by atoms with Crippen LogP contribution in [0.2, 0.25) is 5.02 Å². The molecule has 1 aromatic heterocycles. The number of ketones is 1. The molecule has 0 radical (unpaired) electrons. The van der Waals surface area contributed by atoms with Crippen molar-refractivity contribution in [1.29, 1.82) is 5.26 Å². The molecule has 96 valence electrons. The van der Waals surface area contributed by atoms with E-state index in [1.54, 1.807) is 12.3 Å². The Morgan fingerprint density at radius 3 is 2.53 bits per heavy atom. The standard InChI is InChI=1S/C14H9ClFNOS/c1-8-7-19-14(12(8)15)13(18)11(6-17)9-2-4-10(16)5-3-9/h2-5,7,11H,1H3. The number of benzene rings is 1. The molecule has 0 fully saturated rings. The third-order valence-electron chi connectivity index (χ3n) is 2.72. The van der Waals surface area contributed by atoms with Crippen LogP contribution in [0.1, 0.15) is 26.7 Å². The molecule has 0 N–H and O–H groups in total. The van der Waals surface area contributed by atoms with Crippen LogP contribution in [0.25, 0.3) is 0 Å². The Labute approximate surface area is 119 Å². The fraction of sp³-hybridized carbons (Fsp3) is 0.143. The number of halogens is 2. The van der Waals surface area contributed by atoms with Crippen molar-refractivity contribution in [1.82, 2.24) is 0 Å². The van der Waals surface area contributed by atoms with Crippen LogP contribution in [-0.2, 0) is 0 Å². The van der Waals surface area contributed by atoms with E-state index in [4.69, 9.17) is 11.6 Å². The molecule has 0 aliphatic carbocycles. The lowest BCUT2D eigenvalue weighted by atomic mass is 9.95. The van der Waals surface area contributed by atoms with E-state index >= 15 is 0 Å². The Bertz CT molecular complexity index is 657. The predicted molar refractivity (Wildman–Crippen MR) is 73.2 cm³/mol. The fourth-order valence-corrected chi connectivity index (χ4v) is 2.92. The minimum absolute atomic E-state index is 0.350. The van der Waals surface area contributed by atoms with Crippen molar-refractivity contribution in [2.45, 2.75) is 12.8 Å². The fourth-order valence-electron chi connectivity index (χ4n) is 1.67. The first-order chi connectivity index (χ1) is 9.04. The third kappa shape index (κ3) is 2.67. The summed E-state index contributed by atoms with van der Waals surface area (Å²) in [6, 6.07) is 7.29. The minimum atomic E-state index is -0.962. The number of nitriles is 1. The normalized spacial score (nSPS) is 11.9. The largest absolute Gasteiger partial charge is 0.291 e. The molecule has 0 aliphatic heterocycles. The van der Waals surface area contributed by atoms with E-state index in [-0.39, 0.29) is 5.78 Å². The van der Waals surface area contributed by atoms with Crippen LogP contribution >= 0.6 is 22.9 Å². The molecule has 0 saturated carbocycles. The number of carbonyl (C=O) groups excluding carboxylic acids is 1. The lowest BCUT2D eigenvalue weighted by Crippen LogP contribution is -2.10. The summed E-state index contributed by atoms with van der Waals surface area (Å²) >= 11 is 7.26. The predicted octanol–water partition coefficient (Wildman–Crippen LogP) is 4.34. The van der Waals surface area contributed by atoms with E-state index in [0.717, 1.165) is 5.56 Å². The molecule has 5 heteroatoms. The van der Waals surface area contributed by atoms with Gasteiger partial charge in [0.1, 0.15) is 11.7 Å². The molecule has 0 saturated heterocycles. The molecule has 0 spiro atoms. The Hall–Kier alpha value is -1.70. The highest BCUT2D eigenvalue weighted by molar-refractivity contribution is 7.13. The first-order valence-electron chi connectivity index (χ1n) is 5.47. The number of nitrogens with zero attached hydrogens (tertiary/aromatic N) is 1. The lowest BCUT2D eigenvalue weighted by Gasteiger charge is -2.07. The average molecular weight is 294 g/mol. The van der Waals surface area contributed by atoms with Gasteiger partial charge in [-0.05, 0) is 35.6 Å². The van der Waals surface area contributed by atoms with Crippen LogP contribution in [0, 0.1) is 24.1 Å². The maximum absolute atomic E-state index is 12.9. The van der Waals surface area contributed by atoms with Crippen molar-refractivity contribution in [3.8, 4) is 6.07 Å². The molecule has 0 aliphatic rings. The zero-order valence-electron chi connectivity index (χ0n) is 9.98. The van der Waals surface area contributed by atoms with Crippen LogP contribution in [0.3, 0.4) is 0 Å². The van der Waals surface area contributed by atoms with Gasteiger partial charge in [-0.2, -0.15) is 5.26 Å². The molecule has 1 atom stereocenters. The summed E-state index contributed by atoms with van der Waals surface area (Å²) in [5.74, 6) is -1.72. The molecule has 19 heavy (non-hydrogen) atoms. The first kappa shape index (κ1) is 13.7. The number of aryl methyl sites for hydroxylation is 1. The Kier molecular flexibility index (Phi) is 3.98. The number of thiophene rings is 1. The van der Waals surface area contributed by atoms with Gasteiger partial charge in [-0.25, -0.2) is 4.39 Å². The Morgan fingerprint density at radius 2 is 2.05 bits per heavy atom. The summed E-state index contributed by atoms with van der Waals surface area (Å²) in [6.45, 7) is 1.80. The van der Waals surface area contributed by atoms with E-state index in [0.29, 0.717) is 15.5 Å². The number of rotatable bonds is 3. The maximum atomic E-state index is 12.9. The van der Waals surface area contributed by atoms with Crippen molar-refractivity contribution in [3.63, 3.8) is 0 Å². The second kappa shape index (κ2) is 5.52. The monoisotopic (exact) mass is 293 g/mol. The molecular formula is C14H9ClFNOS. The minimum Gasteiger partial charge on any atom is -0.291 e. The van der Waals surface area contributed by atoms with Gasteiger partial charge in [0, 0.05) is 0 Å². The summed E-state index contributed by atoms with van der Waals surface area (Å²) in [5, 5.41) is 11.3. The Balaban J connectivity index is 2.38. The second-order valence-corrected chi connectivity index (χ2v) is 5.30. The van der Waals surface area contributed by atoms with Gasteiger partial charge in [-0.15, -0.1) is 11.3 Å². The van der Waals surface area contributed by atoms with Crippen molar-refractivity contribution in [2.24, 2.45) is 0 Å². The molecule has 1 heterocycles. The first-order valence-corrected chi connectivity index (χ1v) is 6.73. The Morgan fingerprint density at radius 1 is 1.42 bits per heavy atom. The molecule has 2 nitrogen and oxygen atoms in total. The summed E-state index contributed by atoms with van der Waals surface area (Å²) < 4.78 is 12.9. The van der Waals surface area contributed by atoms with Crippen LogP contribution in [0.15, 0.2) is 29.6 Å². The summed E-state index contributed by atoms with van der Waals surface area (Å²) in [4.78, 5) is 12.7. The van der Waals surface area contributed by atoms with E-state index < -0.39 is 11.7 Å². The van der Waals surface area contributed by atoms with E-state index in [1.165, 1.54) is 35.6 Å². The maximum Gasteiger partial charge on any atom is 0.195 e. The van der Waals surface area contributed by atoms with Crippen molar-refractivity contribution in [2.75, 3.05) is 0 Å². The third-order valence-corrected chi connectivity index (χ3v) is 4.43. The van der Waals surface area contributed by atoms with Gasteiger partial charge >= 0.3 is 0 Å². The van der Waals surface area contributed by atoms with Gasteiger partial charge in [0.2, 0.25) is 0 Å². The zero-order chi connectivity index (χ0) is 14.0. The van der Waals surface area contributed by atoms with Gasteiger partial charge in [0.15, 0.2) is 5.78 Å². The van der Waals surface area contributed by atoms with Gasteiger partial charge in [0.25, 0.3) is 0 Å². The van der Waals surface area contributed by atoms with Gasteiger partial charge < -0.3 is 0 Å². The number of hydrogen-bond acceptors (Lipinski definition) is 3. The highest BCUT2D eigenvalue weighted by Crippen LogP contribution is 2.32. The zero-order valence-corrected chi connectivity index (χ0v) is 11.6. The van der Waals surface area contributed by atoms with E-state index in [9.17, 15) is 14.4 Å². The van der Waals surface area contributed by atoms with Gasteiger partial charge in [0.05, 0.1) is 16.0 Å². The number of carbonyl (C=O) groups is 1. The summed E-state index contributed by atoms with van der Waals surface area (Å²) in [7, 11) is 0. The molecular weight excluding hydrogens is 285 g/mol. The topological polar surface area (TPSA) is 40.9 Å². The number of hydrogen-bond donors (Lipinski definition) is 0. The van der Waals surface area contributed by atoms with Crippen LogP contribution in [0.5, 0.6) is 0 Å². The van der Waals surface area contributed by atoms with E-state index in [1.807, 2.05) is 6.07 Å². The van der Waals surface area contributed by atoms with Crippen molar-refractivity contribution >= 4 is 28.7 Å². The summed E-state index contributed by atoms with van der Waals surface area (Å²) in [6.07, 6.45) is 0. The molecule has 1 aromatic carbocycles. The van der Waals surface area contributed by atoms with Gasteiger partial charge in [-0.1, -0.05) is 23.7 Å². The lowest BCUT2D eigenvalue weighted by molar-refractivity contribution is 0.0983. The van der Waals surface area contributed by atoms with Crippen LogP contribution < -0.4 is 0 Å². The van der Waals surface area contributed by atoms with E-state index in [2.05, 4.69) is 0 Å². The highest BCUT2D eigenvalue weighted by Gasteiger charge is 2.25. The smallest absolute Gasteiger partial charge is 0.195 e.